The van der Waals surface area contributed by atoms with E-state index in [1.54, 1.807) is 0 Å². The summed E-state index contributed by atoms with van der Waals surface area (Å²) in [5.41, 5.74) is 5.22. The Morgan fingerprint density at radius 3 is 2.74 bits per heavy atom. The molecule has 2 aromatic rings. The van der Waals surface area contributed by atoms with E-state index in [-0.39, 0.29) is 10.6 Å². The van der Waals surface area contributed by atoms with Crippen molar-refractivity contribution < 1.29 is 18.0 Å². The Bertz CT molecular complexity index is 703. The number of halogens is 4. The summed E-state index contributed by atoms with van der Waals surface area (Å²) in [6.45, 7) is 0.294. The highest BCUT2D eigenvalue weighted by Crippen LogP contribution is 2.31. The zero-order valence-corrected chi connectivity index (χ0v) is 13.4. The number of anilines is 1. The van der Waals surface area contributed by atoms with Crippen molar-refractivity contribution >= 4 is 34.0 Å². The summed E-state index contributed by atoms with van der Waals surface area (Å²) in [6, 6.07) is 2.65. The molecule has 1 heterocycles. The van der Waals surface area contributed by atoms with Gasteiger partial charge >= 0.3 is 6.18 Å². The van der Waals surface area contributed by atoms with Crippen molar-refractivity contribution in [3.8, 4) is 0 Å². The summed E-state index contributed by atoms with van der Waals surface area (Å²) in [5.74, 6) is -0.640. The smallest absolute Gasteiger partial charge is 0.375 e. The summed E-state index contributed by atoms with van der Waals surface area (Å²) >= 11 is 7.13. The summed E-state index contributed by atoms with van der Waals surface area (Å²) in [4.78, 5) is 16.0. The fraction of sp³-hybridized carbons (Fsp3) is 0.286. The van der Waals surface area contributed by atoms with E-state index in [2.05, 4.69) is 10.3 Å². The van der Waals surface area contributed by atoms with Crippen LogP contribution in [0.3, 0.4) is 0 Å². The number of benzene rings is 1. The van der Waals surface area contributed by atoms with E-state index in [0.717, 1.165) is 23.9 Å². The predicted octanol–water partition coefficient (Wildman–Crippen LogP) is 3.76. The van der Waals surface area contributed by atoms with Gasteiger partial charge in [0.15, 0.2) is 5.13 Å². The zero-order chi connectivity index (χ0) is 17.0. The molecule has 0 saturated carbocycles. The fourth-order valence-electron chi connectivity index (χ4n) is 1.88. The third-order valence-corrected chi connectivity index (χ3v) is 4.06. The van der Waals surface area contributed by atoms with Crippen LogP contribution in [0.5, 0.6) is 0 Å². The Morgan fingerprint density at radius 1 is 1.39 bits per heavy atom. The fourth-order valence-corrected chi connectivity index (χ4v) is 2.68. The second-order valence-corrected chi connectivity index (χ2v) is 6.03. The molecule has 0 fully saturated rings. The topological polar surface area (TPSA) is 68.0 Å². The lowest BCUT2D eigenvalue weighted by Gasteiger charge is -2.10. The molecule has 0 aliphatic carbocycles. The molecule has 9 heteroatoms. The normalized spacial score (nSPS) is 11.5. The molecule has 1 aromatic heterocycles. The van der Waals surface area contributed by atoms with Gasteiger partial charge in [-0.25, -0.2) is 4.98 Å². The van der Waals surface area contributed by atoms with Crippen molar-refractivity contribution in [3.05, 3.63) is 45.4 Å². The number of nitrogens with one attached hydrogen (secondary N) is 1. The van der Waals surface area contributed by atoms with Crippen LogP contribution in [0, 0.1) is 0 Å². The number of amides is 1. The van der Waals surface area contributed by atoms with E-state index in [4.69, 9.17) is 17.3 Å². The highest BCUT2D eigenvalue weighted by atomic mass is 35.5. The van der Waals surface area contributed by atoms with E-state index >= 15 is 0 Å². The number of aromatic nitrogens is 1. The van der Waals surface area contributed by atoms with E-state index in [9.17, 15) is 18.0 Å². The Hall–Kier alpha value is -1.80. The molecule has 3 N–H and O–H groups in total. The molecule has 23 heavy (non-hydrogen) atoms. The number of thiazole rings is 1. The maximum Gasteiger partial charge on any atom is 0.416 e. The van der Waals surface area contributed by atoms with Crippen molar-refractivity contribution in [1.82, 2.24) is 10.3 Å². The molecule has 0 spiro atoms. The van der Waals surface area contributed by atoms with Gasteiger partial charge in [0.05, 0.1) is 21.8 Å². The lowest BCUT2D eigenvalue weighted by molar-refractivity contribution is -0.137. The van der Waals surface area contributed by atoms with Crippen LogP contribution in [0.2, 0.25) is 5.02 Å². The molecule has 4 nitrogen and oxygen atoms in total. The minimum absolute atomic E-state index is 0.0252. The van der Waals surface area contributed by atoms with Gasteiger partial charge in [-0.3, -0.25) is 4.79 Å². The van der Waals surface area contributed by atoms with Gasteiger partial charge in [0.25, 0.3) is 5.91 Å². The summed E-state index contributed by atoms with van der Waals surface area (Å²) in [5, 5.41) is 4.82. The molecule has 1 aromatic carbocycles. The standard InChI is InChI=1S/C14H13ClF3N3OS/c15-11-4-3-8(14(16,17)18)6-10(11)12(22)20-5-1-2-9-7-23-13(19)21-9/h3-4,6-7H,1-2,5H2,(H2,19,21)(H,20,22). The first-order valence-electron chi connectivity index (χ1n) is 6.62. The molecule has 0 bridgehead atoms. The number of nitrogens with zero attached hydrogens (tertiary/aromatic N) is 1. The Labute approximate surface area is 139 Å². The molecule has 0 aliphatic heterocycles. The van der Waals surface area contributed by atoms with Crippen molar-refractivity contribution in [1.29, 1.82) is 0 Å². The highest BCUT2D eigenvalue weighted by Gasteiger charge is 2.31. The van der Waals surface area contributed by atoms with Gasteiger partial charge in [-0.2, -0.15) is 13.2 Å². The molecule has 124 valence electrons. The Kier molecular flexibility index (Phi) is 5.48. The van der Waals surface area contributed by atoms with Crippen molar-refractivity contribution in [2.45, 2.75) is 19.0 Å². The lowest BCUT2D eigenvalue weighted by Crippen LogP contribution is -2.25. The monoisotopic (exact) mass is 363 g/mol. The first-order valence-corrected chi connectivity index (χ1v) is 7.88. The van der Waals surface area contributed by atoms with Gasteiger partial charge < -0.3 is 11.1 Å². The van der Waals surface area contributed by atoms with E-state index in [0.29, 0.717) is 24.5 Å². The lowest BCUT2D eigenvalue weighted by atomic mass is 10.1. The van der Waals surface area contributed by atoms with Crippen LogP contribution in [0.15, 0.2) is 23.6 Å². The molecule has 0 saturated heterocycles. The number of carbonyl (C=O) groups excluding carboxylic acids is 1. The van der Waals surface area contributed by atoms with Crippen LogP contribution < -0.4 is 11.1 Å². The molecule has 0 atom stereocenters. The van der Waals surface area contributed by atoms with Gasteiger partial charge in [0.1, 0.15) is 0 Å². The van der Waals surface area contributed by atoms with Crippen molar-refractivity contribution in [3.63, 3.8) is 0 Å². The first-order chi connectivity index (χ1) is 10.8. The number of nitrogen functional groups attached to an aromatic ring is 1. The molecular weight excluding hydrogens is 351 g/mol. The van der Waals surface area contributed by atoms with Gasteiger partial charge in [-0.05, 0) is 31.0 Å². The second kappa shape index (κ2) is 7.18. The van der Waals surface area contributed by atoms with Crippen LogP contribution in [-0.4, -0.2) is 17.4 Å². The molecule has 2 rings (SSSR count). The van der Waals surface area contributed by atoms with Gasteiger partial charge in [-0.1, -0.05) is 11.6 Å². The Morgan fingerprint density at radius 2 is 2.13 bits per heavy atom. The van der Waals surface area contributed by atoms with Gasteiger partial charge in [0.2, 0.25) is 0 Å². The maximum atomic E-state index is 12.7. The second-order valence-electron chi connectivity index (χ2n) is 4.73. The number of carbonyl (C=O) groups is 1. The van der Waals surface area contributed by atoms with Crippen molar-refractivity contribution in [2.24, 2.45) is 0 Å². The van der Waals surface area contributed by atoms with Gasteiger partial charge in [0, 0.05) is 11.9 Å². The maximum absolute atomic E-state index is 12.7. The third-order valence-electron chi connectivity index (χ3n) is 3.00. The molecule has 0 unspecified atom stereocenters. The quantitative estimate of drug-likeness (QED) is 0.795. The summed E-state index contributed by atoms with van der Waals surface area (Å²) in [7, 11) is 0. The Balaban J connectivity index is 1.92. The van der Waals surface area contributed by atoms with E-state index < -0.39 is 17.6 Å². The molecule has 1 amide bonds. The average molecular weight is 364 g/mol. The summed E-state index contributed by atoms with van der Waals surface area (Å²) in [6.07, 6.45) is -3.32. The van der Waals surface area contributed by atoms with Crippen LogP contribution >= 0.6 is 22.9 Å². The highest BCUT2D eigenvalue weighted by molar-refractivity contribution is 7.13. The minimum Gasteiger partial charge on any atom is -0.375 e. The van der Waals surface area contributed by atoms with E-state index in [1.807, 2.05) is 5.38 Å². The van der Waals surface area contributed by atoms with Crippen LogP contribution in [0.25, 0.3) is 0 Å². The predicted molar refractivity (Wildman–Crippen MR) is 83.6 cm³/mol. The third kappa shape index (κ3) is 4.84. The molecular formula is C14H13ClF3N3OS. The van der Waals surface area contributed by atoms with Crippen molar-refractivity contribution in [2.75, 3.05) is 12.3 Å². The molecule has 0 radical (unpaired) electrons. The SMILES string of the molecule is Nc1nc(CCCNC(=O)c2cc(C(F)(F)F)ccc2Cl)cs1. The minimum atomic E-state index is -4.52. The number of aryl methyl sites for hydroxylation is 1. The van der Waals surface area contributed by atoms with E-state index in [1.165, 1.54) is 11.3 Å². The largest absolute Gasteiger partial charge is 0.416 e. The number of hydrogen-bond acceptors (Lipinski definition) is 4. The first kappa shape index (κ1) is 17.6. The van der Waals surface area contributed by atoms with Gasteiger partial charge in [-0.15, -0.1) is 11.3 Å². The number of hydrogen-bond donors (Lipinski definition) is 2. The number of alkyl halides is 3. The van der Waals surface area contributed by atoms with Crippen LogP contribution in [0.4, 0.5) is 18.3 Å². The van der Waals surface area contributed by atoms with Crippen LogP contribution in [0.1, 0.15) is 28.0 Å². The number of nitrogens with two attached hydrogens (primary N) is 1. The molecule has 0 aliphatic rings. The van der Waals surface area contributed by atoms with Crippen LogP contribution in [-0.2, 0) is 12.6 Å². The number of rotatable bonds is 5. The zero-order valence-electron chi connectivity index (χ0n) is 11.8. The summed E-state index contributed by atoms with van der Waals surface area (Å²) < 4.78 is 38.0. The average Bonchev–Trinajstić information content (AvgIpc) is 2.88.